The minimum atomic E-state index is -3.47. The summed E-state index contributed by atoms with van der Waals surface area (Å²) in [4.78, 5) is 2.18. The molecule has 25 heavy (non-hydrogen) atoms. The van der Waals surface area contributed by atoms with E-state index in [-0.39, 0.29) is 0 Å². The zero-order chi connectivity index (χ0) is 18.5. The second-order valence-corrected chi connectivity index (χ2v) is 9.62. The zero-order valence-electron chi connectivity index (χ0n) is 15.4. The molecule has 3 rings (SSSR count). The Morgan fingerprint density at radius 1 is 0.960 bits per heavy atom. The number of hydrogen-bond acceptors (Lipinski definition) is 5. The van der Waals surface area contributed by atoms with E-state index < -0.39 is 28.3 Å². The molecule has 0 aliphatic carbocycles. The lowest BCUT2D eigenvalue weighted by Gasteiger charge is -2.32. The number of hydrogen-bond donors (Lipinski definition) is 0. The van der Waals surface area contributed by atoms with E-state index in [9.17, 15) is 8.42 Å². The van der Waals surface area contributed by atoms with Gasteiger partial charge in [0.15, 0.2) is 0 Å². The smallest absolute Gasteiger partial charge is 0.399 e. The van der Waals surface area contributed by atoms with Crippen molar-refractivity contribution in [3.8, 4) is 0 Å². The fraction of sp³-hybridized carbons (Fsp3) is 0.588. The topological polar surface area (TPSA) is 59.1 Å². The van der Waals surface area contributed by atoms with Crippen molar-refractivity contribution in [2.24, 2.45) is 0 Å². The van der Waals surface area contributed by atoms with Crippen molar-refractivity contribution in [1.29, 1.82) is 0 Å². The minimum absolute atomic E-state index is 0.297. The molecule has 137 valence electrons. The Hall–Kier alpha value is -0.925. The van der Waals surface area contributed by atoms with Crippen molar-refractivity contribution in [3.63, 3.8) is 0 Å². The molecule has 2 aliphatic rings. The third kappa shape index (κ3) is 3.50. The quantitative estimate of drug-likeness (QED) is 0.751. The molecule has 2 saturated heterocycles. The van der Waals surface area contributed by atoms with Gasteiger partial charge in [0.2, 0.25) is 10.0 Å². The normalized spacial score (nSPS) is 24.6. The average molecular weight is 365 g/mol. The van der Waals surface area contributed by atoms with E-state index in [1.165, 1.54) is 4.31 Å². The summed E-state index contributed by atoms with van der Waals surface area (Å²) in [5.74, 6) is 0. The first-order chi connectivity index (χ1) is 11.5. The summed E-state index contributed by atoms with van der Waals surface area (Å²) in [5.41, 5.74) is -0.0211. The Labute approximate surface area is 151 Å². The Morgan fingerprint density at radius 3 is 1.92 bits per heavy atom. The van der Waals surface area contributed by atoms with Crippen molar-refractivity contribution in [2.75, 3.05) is 26.2 Å². The van der Waals surface area contributed by atoms with Gasteiger partial charge in [-0.25, -0.2) is 8.42 Å². The molecule has 0 unspecified atom stereocenters. The van der Waals surface area contributed by atoms with Crippen molar-refractivity contribution in [1.82, 2.24) is 9.21 Å². The van der Waals surface area contributed by atoms with Crippen molar-refractivity contribution in [2.45, 2.75) is 43.8 Å². The fourth-order valence-electron chi connectivity index (χ4n) is 2.90. The highest BCUT2D eigenvalue weighted by atomic mass is 32.2. The van der Waals surface area contributed by atoms with Crippen LogP contribution in [0.5, 0.6) is 0 Å². The Kier molecular flexibility index (Phi) is 4.79. The van der Waals surface area contributed by atoms with Crippen LogP contribution in [0.1, 0.15) is 27.7 Å². The molecule has 2 aliphatic heterocycles. The predicted octanol–water partition coefficient (Wildman–Crippen LogP) is 1.08. The molecule has 1 radical (unpaired) electrons. The van der Waals surface area contributed by atoms with Crippen LogP contribution in [0.4, 0.5) is 0 Å². The maximum atomic E-state index is 12.8. The van der Waals surface area contributed by atoms with Gasteiger partial charge < -0.3 is 9.31 Å². The Balaban J connectivity index is 1.77. The lowest BCUT2D eigenvalue weighted by molar-refractivity contribution is 0.00578. The molecule has 0 saturated carbocycles. The third-order valence-corrected chi connectivity index (χ3v) is 7.29. The first kappa shape index (κ1) is 18.9. The molecule has 0 atom stereocenters. The monoisotopic (exact) mass is 365 g/mol. The van der Waals surface area contributed by atoms with Crippen LogP contribution in [-0.4, -0.2) is 62.1 Å². The number of nitrogens with zero attached hydrogens (tertiary/aromatic N) is 2. The molecule has 6 nitrogen and oxygen atoms in total. The lowest BCUT2D eigenvalue weighted by Crippen LogP contribution is -2.46. The van der Waals surface area contributed by atoms with Crippen LogP contribution >= 0.6 is 0 Å². The SMILES string of the molecule is [CH2]N1CCN(S(=O)(=O)c2ccc(B3OC(C)(C)C(C)(C)O3)cc2)CC1. The summed E-state index contributed by atoms with van der Waals surface area (Å²) < 4.78 is 39.0. The van der Waals surface area contributed by atoms with Gasteiger partial charge in [0.05, 0.1) is 16.1 Å². The van der Waals surface area contributed by atoms with Crippen LogP contribution in [0.15, 0.2) is 29.2 Å². The second kappa shape index (κ2) is 6.35. The molecule has 1 aromatic carbocycles. The molecular formula is C17H26BN2O4S. The molecule has 8 heteroatoms. The summed E-state index contributed by atoms with van der Waals surface area (Å²) in [6.07, 6.45) is 0. The standard InChI is InChI=1S/C17H26BN2O4S/c1-16(2)17(3,4)24-18(23-16)14-6-8-15(9-7-14)25(21,22)20-12-10-19(5)11-13-20/h6-9H,5,10-13H2,1-4H3. The molecule has 2 heterocycles. The van der Waals surface area contributed by atoms with Gasteiger partial charge in [-0.1, -0.05) is 12.1 Å². The van der Waals surface area contributed by atoms with Crippen LogP contribution in [0, 0.1) is 7.05 Å². The van der Waals surface area contributed by atoms with Crippen molar-refractivity contribution >= 4 is 22.6 Å². The number of sulfonamides is 1. The molecule has 0 aromatic heterocycles. The van der Waals surface area contributed by atoms with E-state index >= 15 is 0 Å². The largest absolute Gasteiger partial charge is 0.494 e. The molecule has 2 fully saturated rings. The third-order valence-electron chi connectivity index (χ3n) is 5.37. The van der Waals surface area contributed by atoms with E-state index in [1.54, 1.807) is 24.3 Å². The second-order valence-electron chi connectivity index (χ2n) is 7.68. The molecule has 0 amide bonds. The van der Waals surface area contributed by atoms with Crippen LogP contribution in [-0.2, 0) is 19.3 Å². The van der Waals surface area contributed by atoms with Gasteiger partial charge in [0.1, 0.15) is 0 Å². The van der Waals surface area contributed by atoms with Gasteiger partial charge in [-0.15, -0.1) is 0 Å². The molecule has 1 aromatic rings. The van der Waals surface area contributed by atoms with Crippen molar-refractivity contribution in [3.05, 3.63) is 31.3 Å². The summed E-state index contributed by atoms with van der Waals surface area (Å²) >= 11 is 0. The van der Waals surface area contributed by atoms with Gasteiger partial charge in [0, 0.05) is 33.2 Å². The van der Waals surface area contributed by atoms with Crippen molar-refractivity contribution < 1.29 is 17.7 Å². The van der Waals surface area contributed by atoms with E-state index in [0.29, 0.717) is 31.1 Å². The summed E-state index contributed by atoms with van der Waals surface area (Å²) in [6, 6.07) is 6.80. The van der Waals surface area contributed by atoms with Crippen LogP contribution in [0.2, 0.25) is 0 Å². The van der Waals surface area contributed by atoms with E-state index in [2.05, 4.69) is 7.05 Å². The average Bonchev–Trinajstić information content (AvgIpc) is 2.76. The van der Waals surface area contributed by atoms with Gasteiger partial charge in [-0.05, 0) is 45.3 Å². The number of rotatable bonds is 3. The van der Waals surface area contributed by atoms with E-state index in [4.69, 9.17) is 9.31 Å². The molecule has 0 N–H and O–H groups in total. The van der Waals surface area contributed by atoms with Gasteiger partial charge in [-0.2, -0.15) is 4.31 Å². The first-order valence-electron chi connectivity index (χ1n) is 8.54. The molecular weight excluding hydrogens is 339 g/mol. The van der Waals surface area contributed by atoms with Gasteiger partial charge in [0.25, 0.3) is 0 Å². The minimum Gasteiger partial charge on any atom is -0.399 e. The first-order valence-corrected chi connectivity index (χ1v) is 9.98. The highest BCUT2D eigenvalue weighted by Gasteiger charge is 2.51. The maximum absolute atomic E-state index is 12.8. The summed E-state index contributed by atoms with van der Waals surface area (Å²) in [6.45, 7) is 10.2. The van der Waals surface area contributed by atoms with E-state index in [0.717, 1.165) is 5.46 Å². The van der Waals surface area contributed by atoms with Crippen LogP contribution in [0.3, 0.4) is 0 Å². The fourth-order valence-corrected chi connectivity index (χ4v) is 4.32. The highest BCUT2D eigenvalue weighted by molar-refractivity contribution is 7.89. The van der Waals surface area contributed by atoms with Gasteiger partial charge >= 0.3 is 7.12 Å². The molecule has 0 spiro atoms. The lowest BCUT2D eigenvalue weighted by atomic mass is 9.79. The van der Waals surface area contributed by atoms with Gasteiger partial charge in [-0.3, -0.25) is 4.90 Å². The summed E-state index contributed by atoms with van der Waals surface area (Å²) in [5, 5.41) is 0. The maximum Gasteiger partial charge on any atom is 0.494 e. The summed E-state index contributed by atoms with van der Waals surface area (Å²) in [7, 11) is -0.114. The number of piperazine rings is 1. The van der Waals surface area contributed by atoms with Crippen LogP contribution in [0.25, 0.3) is 0 Å². The Bertz CT molecular complexity index is 710. The van der Waals surface area contributed by atoms with E-state index in [1.807, 2.05) is 32.6 Å². The predicted molar refractivity (Wildman–Crippen MR) is 97.8 cm³/mol. The van der Waals surface area contributed by atoms with Crippen LogP contribution < -0.4 is 5.46 Å². The Morgan fingerprint density at radius 2 is 1.44 bits per heavy atom. The number of benzene rings is 1. The zero-order valence-corrected chi connectivity index (χ0v) is 16.2. The highest BCUT2D eigenvalue weighted by Crippen LogP contribution is 2.36. The molecule has 0 bridgehead atoms.